The van der Waals surface area contributed by atoms with Crippen molar-refractivity contribution in [3.8, 4) is 5.75 Å². The number of ether oxygens (including phenoxy) is 2. The van der Waals surface area contributed by atoms with E-state index < -0.39 is 0 Å². The molecule has 0 unspecified atom stereocenters. The third kappa shape index (κ3) is 4.78. The standard InChI is InChI=1S/C28H39NO2/c1-27(2,3)24-7-10-25(11-8-24)31-26-9-6-22-16-21(4-5-23(22)17-26)18-29-14-12-28(13-15-29)19-30-20-28/h4-6,9,16-17,24-25H,7-8,10-15,18-20H2,1-3H3/t24-,25-. The van der Waals surface area contributed by atoms with E-state index in [9.17, 15) is 0 Å². The second-order valence-corrected chi connectivity index (χ2v) is 11.6. The molecule has 1 spiro atoms. The molecule has 168 valence electrons. The van der Waals surface area contributed by atoms with E-state index in [2.05, 4.69) is 62.1 Å². The van der Waals surface area contributed by atoms with E-state index in [0.717, 1.165) is 31.4 Å². The van der Waals surface area contributed by atoms with E-state index in [1.54, 1.807) is 0 Å². The second-order valence-electron chi connectivity index (χ2n) is 11.6. The summed E-state index contributed by atoms with van der Waals surface area (Å²) in [6, 6.07) is 13.6. The average molecular weight is 422 g/mol. The summed E-state index contributed by atoms with van der Waals surface area (Å²) in [5, 5.41) is 2.61. The van der Waals surface area contributed by atoms with Crippen molar-refractivity contribution in [2.45, 2.75) is 71.9 Å². The van der Waals surface area contributed by atoms with Crippen LogP contribution < -0.4 is 4.74 Å². The highest BCUT2D eigenvalue weighted by molar-refractivity contribution is 5.84. The zero-order valence-electron chi connectivity index (χ0n) is 19.7. The molecule has 1 aliphatic carbocycles. The number of hydrogen-bond acceptors (Lipinski definition) is 3. The van der Waals surface area contributed by atoms with E-state index in [0.29, 0.717) is 16.9 Å². The van der Waals surface area contributed by atoms with Crippen LogP contribution in [0.1, 0.15) is 64.9 Å². The van der Waals surface area contributed by atoms with Gasteiger partial charge in [-0.2, -0.15) is 0 Å². The van der Waals surface area contributed by atoms with Crippen LogP contribution in [0.25, 0.3) is 10.8 Å². The molecule has 0 atom stereocenters. The van der Waals surface area contributed by atoms with Crippen molar-refractivity contribution < 1.29 is 9.47 Å². The van der Waals surface area contributed by atoms with Crippen LogP contribution in [0.3, 0.4) is 0 Å². The Morgan fingerprint density at radius 3 is 2.26 bits per heavy atom. The lowest BCUT2D eigenvalue weighted by atomic mass is 9.72. The molecule has 3 aliphatic rings. The largest absolute Gasteiger partial charge is 0.490 e. The van der Waals surface area contributed by atoms with Gasteiger partial charge in [-0.15, -0.1) is 0 Å². The van der Waals surface area contributed by atoms with E-state index in [1.807, 2.05) is 0 Å². The molecule has 0 aromatic heterocycles. The Kier molecular flexibility index (Phi) is 5.77. The highest BCUT2D eigenvalue weighted by atomic mass is 16.5. The summed E-state index contributed by atoms with van der Waals surface area (Å²) >= 11 is 0. The fraction of sp³-hybridized carbons (Fsp3) is 0.643. The van der Waals surface area contributed by atoms with Gasteiger partial charge in [0.15, 0.2) is 0 Å². The van der Waals surface area contributed by atoms with Crippen LogP contribution in [-0.4, -0.2) is 37.3 Å². The topological polar surface area (TPSA) is 21.7 Å². The summed E-state index contributed by atoms with van der Waals surface area (Å²) < 4.78 is 11.9. The van der Waals surface area contributed by atoms with Crippen molar-refractivity contribution in [3.63, 3.8) is 0 Å². The Labute approximate surface area is 188 Å². The number of rotatable bonds is 4. The molecule has 5 rings (SSSR count). The Morgan fingerprint density at radius 1 is 0.935 bits per heavy atom. The van der Waals surface area contributed by atoms with E-state index in [1.165, 1.54) is 68.0 Å². The molecule has 0 radical (unpaired) electrons. The Morgan fingerprint density at radius 2 is 1.61 bits per heavy atom. The summed E-state index contributed by atoms with van der Waals surface area (Å²) in [7, 11) is 0. The Hall–Kier alpha value is -1.58. The summed E-state index contributed by atoms with van der Waals surface area (Å²) in [5.41, 5.74) is 2.36. The molecule has 2 aromatic carbocycles. The molecule has 0 N–H and O–H groups in total. The highest BCUT2D eigenvalue weighted by Gasteiger charge is 2.41. The molecule has 3 heteroatoms. The van der Waals surface area contributed by atoms with Gasteiger partial charge in [0.25, 0.3) is 0 Å². The molecule has 2 aliphatic heterocycles. The first-order valence-electron chi connectivity index (χ1n) is 12.4. The van der Waals surface area contributed by atoms with Gasteiger partial charge in [0, 0.05) is 12.0 Å². The van der Waals surface area contributed by atoms with Gasteiger partial charge in [-0.3, -0.25) is 4.90 Å². The average Bonchev–Trinajstić information content (AvgIpc) is 2.73. The molecule has 1 saturated carbocycles. The van der Waals surface area contributed by atoms with E-state index in [4.69, 9.17) is 9.47 Å². The number of likely N-dealkylation sites (tertiary alicyclic amines) is 1. The summed E-state index contributed by atoms with van der Waals surface area (Å²) in [4.78, 5) is 2.61. The molecule has 0 bridgehead atoms. The number of piperidine rings is 1. The summed E-state index contributed by atoms with van der Waals surface area (Å²) in [5.74, 6) is 1.86. The van der Waals surface area contributed by atoms with Gasteiger partial charge in [0.2, 0.25) is 0 Å². The minimum Gasteiger partial charge on any atom is -0.490 e. The lowest BCUT2D eigenvalue weighted by molar-refractivity contribution is -0.140. The minimum absolute atomic E-state index is 0.374. The van der Waals surface area contributed by atoms with E-state index >= 15 is 0 Å². The first-order valence-corrected chi connectivity index (χ1v) is 12.4. The molecule has 2 heterocycles. The molecular formula is C28H39NO2. The highest BCUT2D eigenvalue weighted by Crippen LogP contribution is 2.40. The predicted molar refractivity (Wildman–Crippen MR) is 128 cm³/mol. The van der Waals surface area contributed by atoms with Crippen LogP contribution in [-0.2, 0) is 11.3 Å². The quantitative estimate of drug-likeness (QED) is 0.567. The zero-order chi connectivity index (χ0) is 21.5. The van der Waals surface area contributed by atoms with Gasteiger partial charge in [-0.05, 0) is 97.5 Å². The summed E-state index contributed by atoms with van der Waals surface area (Å²) in [6.45, 7) is 12.6. The van der Waals surface area contributed by atoms with Crippen LogP contribution in [0, 0.1) is 16.7 Å². The lowest BCUT2D eigenvalue weighted by Crippen LogP contribution is -2.50. The number of nitrogens with zero attached hydrogens (tertiary/aromatic N) is 1. The van der Waals surface area contributed by atoms with E-state index in [-0.39, 0.29) is 0 Å². The van der Waals surface area contributed by atoms with Crippen molar-refractivity contribution in [2.24, 2.45) is 16.7 Å². The van der Waals surface area contributed by atoms with Crippen LogP contribution in [0.2, 0.25) is 0 Å². The zero-order valence-corrected chi connectivity index (χ0v) is 19.7. The van der Waals surface area contributed by atoms with Gasteiger partial charge in [-0.1, -0.05) is 39.0 Å². The molecule has 3 nitrogen and oxygen atoms in total. The SMILES string of the molecule is CC(C)(C)[C@H]1CC[C@H](Oc2ccc3cc(CN4CCC5(CC4)COC5)ccc3c2)CC1. The number of hydrogen-bond donors (Lipinski definition) is 0. The third-order valence-corrected chi connectivity index (χ3v) is 8.22. The maximum absolute atomic E-state index is 6.39. The van der Waals surface area contributed by atoms with Crippen molar-refractivity contribution in [1.82, 2.24) is 4.90 Å². The number of fused-ring (bicyclic) bond motifs is 1. The fourth-order valence-electron chi connectivity index (χ4n) is 5.81. The van der Waals surface area contributed by atoms with Crippen molar-refractivity contribution in [1.29, 1.82) is 0 Å². The second kappa shape index (κ2) is 8.41. The molecule has 0 amide bonds. The van der Waals surface area contributed by atoms with Gasteiger partial charge in [-0.25, -0.2) is 0 Å². The Balaban J connectivity index is 1.17. The monoisotopic (exact) mass is 421 g/mol. The van der Waals surface area contributed by atoms with Crippen LogP contribution >= 0.6 is 0 Å². The first kappa shape index (κ1) is 21.3. The molecule has 31 heavy (non-hydrogen) atoms. The fourth-order valence-corrected chi connectivity index (χ4v) is 5.81. The third-order valence-electron chi connectivity index (χ3n) is 8.22. The van der Waals surface area contributed by atoms with Crippen molar-refractivity contribution in [2.75, 3.05) is 26.3 Å². The van der Waals surface area contributed by atoms with Gasteiger partial charge < -0.3 is 9.47 Å². The van der Waals surface area contributed by atoms with Crippen LogP contribution in [0.15, 0.2) is 36.4 Å². The maximum Gasteiger partial charge on any atom is 0.120 e. The van der Waals surface area contributed by atoms with Gasteiger partial charge in [0.1, 0.15) is 5.75 Å². The Bertz CT molecular complexity index is 893. The summed E-state index contributed by atoms with van der Waals surface area (Å²) in [6.07, 6.45) is 7.90. The first-order chi connectivity index (χ1) is 14.9. The van der Waals surface area contributed by atoms with Crippen molar-refractivity contribution >= 4 is 10.8 Å². The van der Waals surface area contributed by atoms with Crippen LogP contribution in [0.4, 0.5) is 0 Å². The predicted octanol–water partition coefficient (Wildman–Crippen LogP) is 6.44. The minimum atomic E-state index is 0.374. The van der Waals surface area contributed by atoms with Crippen molar-refractivity contribution in [3.05, 3.63) is 42.0 Å². The normalized spacial score (nSPS) is 26.7. The smallest absolute Gasteiger partial charge is 0.120 e. The number of benzene rings is 2. The maximum atomic E-state index is 6.39. The van der Waals surface area contributed by atoms with Gasteiger partial charge >= 0.3 is 0 Å². The molecule has 3 fully saturated rings. The van der Waals surface area contributed by atoms with Crippen LogP contribution in [0.5, 0.6) is 5.75 Å². The molecule has 2 aromatic rings. The lowest BCUT2D eigenvalue weighted by Gasteiger charge is -2.47. The van der Waals surface area contributed by atoms with Gasteiger partial charge in [0.05, 0.1) is 19.3 Å². The molecule has 2 saturated heterocycles. The molecular weight excluding hydrogens is 382 g/mol.